The maximum atomic E-state index is 12.0. The van der Waals surface area contributed by atoms with Crippen LogP contribution in [0.1, 0.15) is 22.8 Å². The number of rotatable bonds is 5. The third kappa shape index (κ3) is 4.00. The van der Waals surface area contributed by atoms with Gasteiger partial charge in [0.25, 0.3) is 0 Å². The molecule has 0 bridgehead atoms. The first kappa shape index (κ1) is 17.0. The van der Waals surface area contributed by atoms with Crippen LogP contribution in [-0.4, -0.2) is 12.6 Å². The molecule has 128 valence electrons. The van der Waals surface area contributed by atoms with E-state index >= 15 is 0 Å². The monoisotopic (exact) mass is 358 g/mol. The van der Waals surface area contributed by atoms with Crippen LogP contribution in [0.5, 0.6) is 5.75 Å². The first-order chi connectivity index (χ1) is 12.1. The largest absolute Gasteiger partial charge is 0.489 e. The highest BCUT2D eigenvalue weighted by molar-refractivity contribution is 6.30. The maximum absolute atomic E-state index is 12.0. The van der Waals surface area contributed by atoms with E-state index < -0.39 is 11.6 Å². The van der Waals surface area contributed by atoms with Crippen molar-refractivity contribution in [3.8, 4) is 5.75 Å². The van der Waals surface area contributed by atoms with Crippen molar-refractivity contribution in [2.75, 3.05) is 6.61 Å². The summed E-state index contributed by atoms with van der Waals surface area (Å²) in [5.41, 5.74) is 0.727. The number of carbonyl (C=O) groups excluding carboxylic acids is 1. The lowest BCUT2D eigenvalue weighted by Gasteiger charge is -2.09. The van der Waals surface area contributed by atoms with Crippen molar-refractivity contribution in [3.63, 3.8) is 0 Å². The molecule has 0 aliphatic carbocycles. The lowest BCUT2D eigenvalue weighted by molar-refractivity contribution is 0.0528. The maximum Gasteiger partial charge on any atom is 0.339 e. The standard InChI is InChI=1S/C19H15ClO5/c1-2-23-19(22)16-10-18(21)25-17-9-14(6-7-15(16)17)24-11-12-4-3-5-13(20)8-12/h3-10H,2,11H2,1H3. The van der Waals surface area contributed by atoms with Gasteiger partial charge in [-0.05, 0) is 36.8 Å². The second-order valence-electron chi connectivity index (χ2n) is 5.28. The second kappa shape index (κ2) is 7.40. The third-order valence-corrected chi connectivity index (χ3v) is 3.74. The molecule has 0 radical (unpaired) electrons. The normalized spacial score (nSPS) is 10.6. The molecule has 5 nitrogen and oxygen atoms in total. The van der Waals surface area contributed by atoms with Crippen LogP contribution in [0.2, 0.25) is 5.02 Å². The van der Waals surface area contributed by atoms with Gasteiger partial charge in [0.1, 0.15) is 17.9 Å². The molecule has 0 aliphatic rings. The van der Waals surface area contributed by atoms with Crippen LogP contribution >= 0.6 is 11.6 Å². The highest BCUT2D eigenvalue weighted by atomic mass is 35.5. The fraction of sp³-hybridized carbons (Fsp3) is 0.158. The van der Waals surface area contributed by atoms with Gasteiger partial charge in [-0.25, -0.2) is 9.59 Å². The SMILES string of the molecule is CCOC(=O)c1cc(=O)oc2cc(OCc3cccc(Cl)c3)ccc12. The minimum Gasteiger partial charge on any atom is -0.489 e. The van der Waals surface area contributed by atoms with Crippen molar-refractivity contribution in [2.24, 2.45) is 0 Å². The number of carbonyl (C=O) groups is 1. The molecule has 0 atom stereocenters. The Balaban J connectivity index is 1.89. The average Bonchev–Trinajstić information content (AvgIpc) is 2.59. The summed E-state index contributed by atoms with van der Waals surface area (Å²) in [6.07, 6.45) is 0. The lowest BCUT2D eigenvalue weighted by atomic mass is 10.1. The van der Waals surface area contributed by atoms with E-state index in [-0.39, 0.29) is 17.8 Å². The molecule has 3 rings (SSSR count). The van der Waals surface area contributed by atoms with E-state index in [2.05, 4.69) is 0 Å². The molecule has 0 amide bonds. The summed E-state index contributed by atoms with van der Waals surface area (Å²) in [5, 5.41) is 1.12. The minimum absolute atomic E-state index is 0.175. The van der Waals surface area contributed by atoms with Gasteiger partial charge in [-0.1, -0.05) is 23.7 Å². The third-order valence-electron chi connectivity index (χ3n) is 3.51. The highest BCUT2D eigenvalue weighted by Crippen LogP contribution is 2.24. The van der Waals surface area contributed by atoms with Crippen LogP contribution in [0, 0.1) is 0 Å². The van der Waals surface area contributed by atoms with E-state index in [1.807, 2.05) is 18.2 Å². The Bertz CT molecular complexity index is 977. The summed E-state index contributed by atoms with van der Waals surface area (Å²) in [4.78, 5) is 23.7. The van der Waals surface area contributed by atoms with Gasteiger partial charge in [0.2, 0.25) is 0 Å². The van der Waals surface area contributed by atoms with Gasteiger partial charge in [-0.15, -0.1) is 0 Å². The molecular weight excluding hydrogens is 344 g/mol. The molecule has 3 aromatic rings. The molecule has 1 aromatic heterocycles. The molecule has 0 fully saturated rings. The number of hydrogen-bond donors (Lipinski definition) is 0. The molecule has 25 heavy (non-hydrogen) atoms. The van der Waals surface area contributed by atoms with Crippen molar-refractivity contribution >= 4 is 28.5 Å². The van der Waals surface area contributed by atoms with Crippen LogP contribution in [0.4, 0.5) is 0 Å². The summed E-state index contributed by atoms with van der Waals surface area (Å²) >= 11 is 5.95. The molecule has 0 saturated carbocycles. The number of esters is 1. The second-order valence-corrected chi connectivity index (χ2v) is 5.71. The van der Waals surface area contributed by atoms with Gasteiger partial charge in [-0.3, -0.25) is 0 Å². The van der Waals surface area contributed by atoms with Crippen LogP contribution in [0.15, 0.2) is 57.7 Å². The summed E-state index contributed by atoms with van der Waals surface area (Å²) in [7, 11) is 0. The fourth-order valence-electron chi connectivity index (χ4n) is 2.40. The van der Waals surface area contributed by atoms with E-state index in [1.54, 1.807) is 31.2 Å². The van der Waals surface area contributed by atoms with Gasteiger partial charge >= 0.3 is 11.6 Å². The Hall–Kier alpha value is -2.79. The highest BCUT2D eigenvalue weighted by Gasteiger charge is 2.14. The van der Waals surface area contributed by atoms with E-state index in [0.717, 1.165) is 11.6 Å². The first-order valence-electron chi connectivity index (χ1n) is 7.69. The van der Waals surface area contributed by atoms with Crippen molar-refractivity contribution in [1.82, 2.24) is 0 Å². The number of halogens is 1. The van der Waals surface area contributed by atoms with Crippen molar-refractivity contribution in [2.45, 2.75) is 13.5 Å². The molecule has 2 aromatic carbocycles. The summed E-state index contributed by atoms with van der Waals surface area (Å²) in [6.45, 7) is 2.24. The number of ether oxygens (including phenoxy) is 2. The predicted molar refractivity (Wildman–Crippen MR) is 94.2 cm³/mol. The zero-order valence-electron chi connectivity index (χ0n) is 13.5. The Morgan fingerprint density at radius 2 is 2.00 bits per heavy atom. The molecule has 1 heterocycles. The molecular formula is C19H15ClO5. The minimum atomic E-state index is -0.623. The van der Waals surface area contributed by atoms with Crippen molar-refractivity contribution in [3.05, 3.63) is 75.1 Å². The fourth-order valence-corrected chi connectivity index (χ4v) is 2.62. The van der Waals surface area contributed by atoms with Crippen LogP contribution in [-0.2, 0) is 11.3 Å². The average molecular weight is 359 g/mol. The Kier molecular flexibility index (Phi) is 5.05. The zero-order chi connectivity index (χ0) is 17.8. The number of hydrogen-bond acceptors (Lipinski definition) is 5. The van der Waals surface area contributed by atoms with E-state index in [4.69, 9.17) is 25.5 Å². The van der Waals surface area contributed by atoms with Gasteiger partial charge in [0.05, 0.1) is 12.2 Å². The van der Waals surface area contributed by atoms with Crippen LogP contribution in [0.3, 0.4) is 0 Å². The Morgan fingerprint density at radius 3 is 2.76 bits per heavy atom. The number of benzene rings is 2. The van der Waals surface area contributed by atoms with Gasteiger partial charge in [0.15, 0.2) is 0 Å². The van der Waals surface area contributed by atoms with Gasteiger partial charge in [0, 0.05) is 22.5 Å². The summed E-state index contributed by atoms with van der Waals surface area (Å²) in [5.74, 6) is -0.0513. The van der Waals surface area contributed by atoms with Crippen molar-refractivity contribution < 1.29 is 18.7 Å². The predicted octanol–water partition coefficient (Wildman–Crippen LogP) is 4.20. The summed E-state index contributed by atoms with van der Waals surface area (Å²) < 4.78 is 15.9. The van der Waals surface area contributed by atoms with E-state index in [1.165, 1.54) is 0 Å². The smallest absolute Gasteiger partial charge is 0.339 e. The lowest BCUT2D eigenvalue weighted by Crippen LogP contribution is -2.10. The molecule has 0 aliphatic heterocycles. The molecule has 0 spiro atoms. The van der Waals surface area contributed by atoms with Crippen molar-refractivity contribution in [1.29, 1.82) is 0 Å². The van der Waals surface area contributed by atoms with Crippen LogP contribution in [0.25, 0.3) is 11.0 Å². The molecule has 6 heteroatoms. The zero-order valence-corrected chi connectivity index (χ0v) is 14.2. The van der Waals surface area contributed by atoms with Gasteiger partial charge < -0.3 is 13.9 Å². The topological polar surface area (TPSA) is 65.7 Å². The van der Waals surface area contributed by atoms with E-state index in [9.17, 15) is 9.59 Å². The molecule has 0 unspecified atom stereocenters. The number of fused-ring (bicyclic) bond motifs is 1. The quantitative estimate of drug-likeness (QED) is 0.505. The van der Waals surface area contributed by atoms with Gasteiger partial charge in [-0.2, -0.15) is 0 Å². The van der Waals surface area contributed by atoms with E-state index in [0.29, 0.717) is 22.8 Å². The summed E-state index contributed by atoms with van der Waals surface area (Å²) in [6, 6.07) is 13.4. The molecule has 0 N–H and O–H groups in total. The van der Waals surface area contributed by atoms with Crippen LogP contribution < -0.4 is 10.4 Å². The Labute approximate surface area is 148 Å². The Morgan fingerprint density at radius 1 is 1.16 bits per heavy atom. The first-order valence-corrected chi connectivity index (χ1v) is 8.07. The molecule has 0 saturated heterocycles.